The average Bonchev–Trinajstić information content (AvgIpc) is 1.52. The lowest BCUT2D eigenvalue weighted by Crippen LogP contribution is -2.54. The number of rotatable bonds is 29. The van der Waals surface area contributed by atoms with Crippen LogP contribution in [0.3, 0.4) is 0 Å². The van der Waals surface area contributed by atoms with Gasteiger partial charge in [-0.05, 0) is 109 Å². The lowest BCUT2D eigenvalue weighted by atomic mass is 9.50. The molecule has 12 rings (SSSR count). The van der Waals surface area contributed by atoms with Crippen LogP contribution in [0.25, 0.3) is 69.8 Å². The molecule has 22 heteroatoms. The van der Waals surface area contributed by atoms with E-state index in [1.807, 2.05) is 165 Å². The third-order valence-corrected chi connectivity index (χ3v) is 20.8. The maximum atomic E-state index is 12.7. The third-order valence-electron chi connectivity index (χ3n) is 18.0. The molecule has 0 saturated heterocycles. The minimum absolute atomic E-state index is 0.0252. The maximum Gasteiger partial charge on any atom is 0.328 e. The van der Waals surface area contributed by atoms with Crippen molar-refractivity contribution in [1.29, 1.82) is 5.26 Å². The molecule has 8 aromatic carbocycles. The van der Waals surface area contributed by atoms with Crippen molar-refractivity contribution >= 4 is 123 Å². The first-order valence-corrected chi connectivity index (χ1v) is 36.2. The predicted octanol–water partition coefficient (Wildman–Crippen LogP) is 11.0. The molecule has 502 valence electrons. The number of carbonyl (C=O) groups is 2. The molecule has 0 aliphatic carbocycles. The van der Waals surface area contributed by atoms with Crippen LogP contribution in [0.5, 0.6) is 23.0 Å². The molecular formula is C78H71B2N7O10S3. The van der Waals surface area contributed by atoms with E-state index in [4.69, 9.17) is 28.9 Å². The van der Waals surface area contributed by atoms with Crippen LogP contribution in [0.2, 0.25) is 0 Å². The minimum Gasteiger partial charge on any atom is -0.497 e. The quantitative estimate of drug-likeness (QED) is 0.0172. The first kappa shape index (κ1) is 69.3. The number of thiazole rings is 2. The van der Waals surface area contributed by atoms with Crippen LogP contribution in [0.1, 0.15) is 62.4 Å². The number of aliphatic hydroxyl groups is 1. The number of aliphatic hydroxyl groups excluding tert-OH is 1. The maximum absolute atomic E-state index is 12.7. The predicted molar refractivity (Wildman–Crippen MR) is 400 cm³/mol. The van der Waals surface area contributed by atoms with Crippen molar-refractivity contribution in [2.75, 3.05) is 39.9 Å². The summed E-state index contributed by atoms with van der Waals surface area (Å²) in [6.07, 6.45) is 2.46. The molecule has 0 aliphatic rings. The van der Waals surface area contributed by atoms with E-state index >= 15 is 0 Å². The van der Waals surface area contributed by atoms with Gasteiger partial charge in [0.25, 0.3) is 10.1 Å². The number of Topliss-reactive ketones (excluding diaryl/α,β-unsaturated/α-hetero) is 1. The van der Waals surface area contributed by atoms with Gasteiger partial charge in [-0.25, -0.2) is 14.8 Å². The Balaban J connectivity index is 1.27. The van der Waals surface area contributed by atoms with Crippen LogP contribution in [0, 0.1) is 29.7 Å². The molecule has 4 heterocycles. The normalized spacial score (nSPS) is 12.7. The number of aromatic nitrogens is 4. The first-order valence-electron chi connectivity index (χ1n) is 33.0. The number of benzene rings is 8. The molecule has 0 fully saturated rings. The van der Waals surface area contributed by atoms with E-state index in [2.05, 4.69) is 80.6 Å². The lowest BCUT2D eigenvalue weighted by Gasteiger charge is -2.24. The highest BCUT2D eigenvalue weighted by Crippen LogP contribution is 2.40. The monoisotopic (exact) mass is 1380 g/mol. The molecule has 0 bridgehead atoms. The van der Waals surface area contributed by atoms with Crippen LogP contribution in [0.4, 0.5) is 0 Å². The molecule has 4 aromatic heterocycles. The zero-order valence-corrected chi connectivity index (χ0v) is 58.0. The number of carbonyl (C=O) groups excluding carboxylic acids is 2. The largest absolute Gasteiger partial charge is 0.497 e. The number of nitriles is 1. The SMILES string of the molecule is [C-]#[N+]/C(c1nc2cc(OC)ccc2s1)=c1\c2c(-c3ccc(OCC(CC)CCC(=O)NCO)cc3)n(B(c3ccccc3)c3ccccc3)/c(=C(/C#N)c3nc4cc(OC)ccc4s3)c2c(-c2ccc(OCC(CC)CCC(=O)CS(=O)(=O)O)cc2)n1B(c1ccccc1)c1ccccc1. The van der Waals surface area contributed by atoms with Crippen molar-refractivity contribution in [2.24, 2.45) is 11.8 Å². The molecule has 0 saturated carbocycles. The second-order valence-electron chi connectivity index (χ2n) is 24.3. The van der Waals surface area contributed by atoms with Gasteiger partial charge in [0.05, 0.1) is 59.8 Å². The third kappa shape index (κ3) is 15.2. The number of nitrogens with zero attached hydrogens (tertiary/aromatic N) is 6. The van der Waals surface area contributed by atoms with Gasteiger partial charge in [-0.1, -0.05) is 170 Å². The van der Waals surface area contributed by atoms with E-state index in [1.165, 1.54) is 22.7 Å². The van der Waals surface area contributed by atoms with Gasteiger partial charge >= 0.3 is 13.7 Å². The standard InChI is InChI=1S/C78H71B2N7O10S3/c1-6-51(28-34-59(89)49-100(91,92)93)47-96-60-35-30-53(31-36-60)73-70-71(76(72(82-3)78-85-66-45-63(95-5)40-42-68(66)99-78)87(73)80(57-24-16-10-17-25-57)58-26-18-11-19-27-58)74(54-32-37-61(38-33-54)97-48-52(7-2)29-43-69(90)83-50-88)86(79(55-20-12-8-13-21-55)56-22-14-9-15-23-56)75(70)64(46-81)77-84-65-44-62(94-4)39-41-67(65)98-77/h8-27,30-33,35-42,44-45,51-52,88H,6-7,28-29,34,43,47-50H2,1-2,4-5H3,(H,83,90)(H,91,92,93)/b75-64-,76-72+. The molecule has 3 N–H and O–H groups in total. The second kappa shape index (κ2) is 31.5. The van der Waals surface area contributed by atoms with Crippen LogP contribution >= 0.6 is 22.7 Å². The zero-order valence-electron chi connectivity index (χ0n) is 55.6. The summed E-state index contributed by atoms with van der Waals surface area (Å²) < 4.78 is 63.5. The smallest absolute Gasteiger partial charge is 0.328 e. The molecule has 0 spiro atoms. The number of fused-ring (bicyclic) bond motifs is 3. The molecule has 0 radical (unpaired) electrons. The van der Waals surface area contributed by atoms with Crippen molar-refractivity contribution in [1.82, 2.24) is 24.2 Å². The van der Waals surface area contributed by atoms with E-state index in [1.54, 1.807) is 14.2 Å². The van der Waals surface area contributed by atoms with Crippen molar-refractivity contribution in [3.05, 3.63) is 238 Å². The molecule has 0 aliphatic heterocycles. The summed E-state index contributed by atoms with van der Waals surface area (Å²) in [5.41, 5.74) is 8.03. The van der Waals surface area contributed by atoms with Crippen molar-refractivity contribution < 1.29 is 46.6 Å². The average molecular weight is 1380 g/mol. The topological polar surface area (TPSA) is 221 Å². The number of methoxy groups -OCH3 is 2. The number of hydrogen-bond donors (Lipinski definition) is 3. The van der Waals surface area contributed by atoms with Crippen LogP contribution in [-0.4, -0.2) is 102 Å². The Morgan fingerprint density at radius 2 is 1.01 bits per heavy atom. The second-order valence-corrected chi connectivity index (χ2v) is 27.8. The Labute approximate surface area is 589 Å². The van der Waals surface area contributed by atoms with Crippen LogP contribution in [0.15, 0.2) is 206 Å². The van der Waals surface area contributed by atoms with Gasteiger partial charge in [-0.15, -0.1) is 22.7 Å². The molecular weight excluding hydrogens is 1310 g/mol. The van der Waals surface area contributed by atoms with Crippen LogP contribution in [-0.2, 0) is 19.7 Å². The fourth-order valence-electron chi connectivity index (χ4n) is 13.0. The zero-order chi connectivity index (χ0) is 69.9. The van der Waals surface area contributed by atoms with Gasteiger partial charge in [-0.3, -0.25) is 14.1 Å². The van der Waals surface area contributed by atoms with Crippen LogP contribution < -0.4 is 56.8 Å². The summed E-state index contributed by atoms with van der Waals surface area (Å²) in [5.74, 6) is 0.423. The summed E-state index contributed by atoms with van der Waals surface area (Å²) in [6.45, 7) is 12.6. The molecule has 17 nitrogen and oxygen atoms in total. The Kier molecular flexibility index (Phi) is 21.9. The van der Waals surface area contributed by atoms with Gasteiger partial charge < -0.3 is 38.3 Å². The number of amides is 1. The summed E-state index contributed by atoms with van der Waals surface area (Å²) in [6, 6.07) is 70.6. The molecule has 1 amide bonds. The molecule has 2 unspecified atom stereocenters. The van der Waals surface area contributed by atoms with Crippen molar-refractivity contribution in [3.8, 4) is 51.6 Å². The van der Waals surface area contributed by atoms with Gasteiger partial charge in [0, 0.05) is 52.5 Å². The van der Waals surface area contributed by atoms with Gasteiger partial charge in [-0.2, -0.15) is 13.7 Å². The van der Waals surface area contributed by atoms with E-state index in [-0.39, 0.29) is 48.5 Å². The summed E-state index contributed by atoms with van der Waals surface area (Å²) in [4.78, 5) is 40.5. The fraction of sp³-hybridized carbons (Fsp3) is 0.205. The Bertz CT molecular complexity index is 5070. The lowest BCUT2D eigenvalue weighted by molar-refractivity contribution is -0.122. The highest BCUT2D eigenvalue weighted by molar-refractivity contribution is 7.86. The number of ketones is 1. The molecule has 12 aromatic rings. The Hall–Kier alpha value is -10.6. The van der Waals surface area contributed by atoms with Crippen molar-refractivity contribution in [3.63, 3.8) is 0 Å². The Morgan fingerprint density at radius 1 is 0.600 bits per heavy atom. The van der Waals surface area contributed by atoms with Gasteiger partial charge in [0.15, 0.2) is 0 Å². The van der Waals surface area contributed by atoms with E-state index in [0.29, 0.717) is 114 Å². The number of nitrogens with one attached hydrogen (secondary N) is 1. The van der Waals surface area contributed by atoms with Gasteiger partial charge in [0.2, 0.25) is 11.6 Å². The molecule has 100 heavy (non-hydrogen) atoms. The van der Waals surface area contributed by atoms with Crippen molar-refractivity contribution in [2.45, 2.75) is 52.4 Å². The Morgan fingerprint density at radius 3 is 1.42 bits per heavy atom. The highest BCUT2D eigenvalue weighted by Gasteiger charge is 2.38. The summed E-state index contributed by atoms with van der Waals surface area (Å²) in [5, 5.41) is 27.6. The minimum atomic E-state index is -4.48. The highest BCUT2D eigenvalue weighted by atomic mass is 32.2. The number of hydrogen-bond acceptors (Lipinski definition) is 14. The van der Waals surface area contributed by atoms with E-state index in [9.17, 15) is 39.5 Å². The summed E-state index contributed by atoms with van der Waals surface area (Å²) in [7, 11) is -1.26. The fourth-order valence-corrected chi connectivity index (χ4v) is 15.4. The summed E-state index contributed by atoms with van der Waals surface area (Å²) >= 11 is 2.79. The van der Waals surface area contributed by atoms with E-state index in [0.717, 1.165) is 37.7 Å². The van der Waals surface area contributed by atoms with E-state index < -0.39 is 42.1 Å². The molecule has 2 atom stereocenters. The number of ether oxygens (including phenoxy) is 4. The first-order chi connectivity index (χ1) is 48.7. The van der Waals surface area contributed by atoms with Gasteiger partial charge in [0.1, 0.15) is 62.9 Å².